The molecule has 0 saturated carbocycles. The summed E-state index contributed by atoms with van der Waals surface area (Å²) >= 11 is 0. The van der Waals surface area contributed by atoms with Crippen LogP contribution < -0.4 is 20.7 Å². The lowest BCUT2D eigenvalue weighted by Crippen LogP contribution is -2.29. The van der Waals surface area contributed by atoms with Gasteiger partial charge < -0.3 is 9.47 Å². The van der Waals surface area contributed by atoms with Crippen molar-refractivity contribution in [1.29, 1.82) is 0 Å². The van der Waals surface area contributed by atoms with E-state index in [4.69, 9.17) is 15.3 Å². The summed E-state index contributed by atoms with van der Waals surface area (Å²) in [6.45, 7) is 2.59. The van der Waals surface area contributed by atoms with Gasteiger partial charge in [0.2, 0.25) is 0 Å². The highest BCUT2D eigenvalue weighted by molar-refractivity contribution is 5.37. The van der Waals surface area contributed by atoms with Gasteiger partial charge in [0, 0.05) is 6.20 Å². The molecule has 5 nitrogen and oxygen atoms in total. The van der Waals surface area contributed by atoms with Gasteiger partial charge in [-0.1, -0.05) is 12.1 Å². The van der Waals surface area contributed by atoms with Crippen molar-refractivity contribution in [3.8, 4) is 11.5 Å². The van der Waals surface area contributed by atoms with E-state index in [-0.39, 0.29) is 6.04 Å². The molecule has 1 unspecified atom stereocenters. The van der Waals surface area contributed by atoms with Crippen LogP contribution in [-0.2, 0) is 0 Å². The van der Waals surface area contributed by atoms with Crippen LogP contribution in [-0.4, -0.2) is 18.7 Å². The molecule has 0 amide bonds. The largest absolute Gasteiger partial charge is 0.495 e. The minimum Gasteiger partial charge on any atom is -0.495 e. The van der Waals surface area contributed by atoms with Gasteiger partial charge in [-0.2, -0.15) is 0 Å². The lowest BCUT2D eigenvalue weighted by Gasteiger charge is -2.18. The zero-order chi connectivity index (χ0) is 14.4. The van der Waals surface area contributed by atoms with Gasteiger partial charge in [-0.3, -0.25) is 10.8 Å². The molecule has 3 N–H and O–H groups in total. The summed E-state index contributed by atoms with van der Waals surface area (Å²) in [5.41, 5.74) is 4.74. The van der Waals surface area contributed by atoms with E-state index in [0.29, 0.717) is 12.4 Å². The Bertz CT molecular complexity index is 560. The molecule has 0 radical (unpaired) electrons. The number of methoxy groups -OCH3 is 1. The minimum absolute atomic E-state index is 0.169. The molecule has 0 bridgehead atoms. The second kappa shape index (κ2) is 6.88. The number of ether oxygens (including phenoxy) is 2. The minimum atomic E-state index is -0.169. The van der Waals surface area contributed by atoms with Crippen molar-refractivity contribution in [2.45, 2.75) is 13.0 Å². The normalized spacial score (nSPS) is 11.9. The first-order valence-corrected chi connectivity index (χ1v) is 6.46. The number of aromatic nitrogens is 1. The predicted octanol–water partition coefficient (Wildman–Crippen LogP) is 2.04. The molecule has 0 aliphatic rings. The standard InChI is InChI=1S/C15H19N3O2/c1-3-20-13-6-4-5-11(7-13)15(18-16)12-8-14(19-2)10-17-9-12/h4-10,15,18H,3,16H2,1-2H3. The third-order valence-corrected chi connectivity index (χ3v) is 2.97. The molecule has 2 rings (SSSR count). The summed E-state index contributed by atoms with van der Waals surface area (Å²) in [6, 6.07) is 9.56. The summed E-state index contributed by atoms with van der Waals surface area (Å²) in [4.78, 5) is 4.16. The third-order valence-electron chi connectivity index (χ3n) is 2.97. The highest BCUT2D eigenvalue weighted by atomic mass is 16.5. The lowest BCUT2D eigenvalue weighted by atomic mass is 10.0. The number of hydrazine groups is 1. The van der Waals surface area contributed by atoms with Crippen LogP contribution in [0, 0.1) is 0 Å². The molecular formula is C15H19N3O2. The summed E-state index contributed by atoms with van der Waals surface area (Å²) in [7, 11) is 1.61. The Morgan fingerprint density at radius 1 is 1.20 bits per heavy atom. The SMILES string of the molecule is CCOc1cccc(C(NN)c2cncc(OC)c2)c1. The molecule has 1 aromatic heterocycles. The van der Waals surface area contributed by atoms with Gasteiger partial charge in [0.05, 0.1) is 26.0 Å². The van der Waals surface area contributed by atoms with E-state index in [0.717, 1.165) is 16.9 Å². The maximum Gasteiger partial charge on any atom is 0.137 e. The van der Waals surface area contributed by atoms with Crippen molar-refractivity contribution in [1.82, 2.24) is 10.4 Å². The molecule has 5 heteroatoms. The van der Waals surface area contributed by atoms with Crippen LogP contribution in [0.15, 0.2) is 42.7 Å². The average molecular weight is 273 g/mol. The van der Waals surface area contributed by atoms with E-state index in [2.05, 4.69) is 10.4 Å². The van der Waals surface area contributed by atoms with Gasteiger partial charge in [-0.25, -0.2) is 5.43 Å². The highest BCUT2D eigenvalue weighted by Crippen LogP contribution is 2.26. The van der Waals surface area contributed by atoms with E-state index >= 15 is 0 Å². The zero-order valence-corrected chi connectivity index (χ0v) is 11.7. The molecule has 106 valence electrons. The summed E-state index contributed by atoms with van der Waals surface area (Å²) < 4.78 is 10.7. The van der Waals surface area contributed by atoms with Crippen LogP contribution in [0.2, 0.25) is 0 Å². The van der Waals surface area contributed by atoms with Gasteiger partial charge in [0.1, 0.15) is 11.5 Å². The fourth-order valence-corrected chi connectivity index (χ4v) is 2.04. The van der Waals surface area contributed by atoms with E-state index in [1.54, 1.807) is 19.5 Å². The topological polar surface area (TPSA) is 69.4 Å². The van der Waals surface area contributed by atoms with Crippen molar-refractivity contribution in [3.05, 3.63) is 53.9 Å². The van der Waals surface area contributed by atoms with Gasteiger partial charge >= 0.3 is 0 Å². The summed E-state index contributed by atoms with van der Waals surface area (Å²) in [5.74, 6) is 7.21. The molecule has 0 fully saturated rings. The second-order valence-corrected chi connectivity index (χ2v) is 4.26. The number of benzene rings is 1. The molecule has 1 atom stereocenters. The van der Waals surface area contributed by atoms with Crippen molar-refractivity contribution >= 4 is 0 Å². The van der Waals surface area contributed by atoms with Crippen molar-refractivity contribution in [2.75, 3.05) is 13.7 Å². The van der Waals surface area contributed by atoms with Crippen LogP contribution in [0.1, 0.15) is 24.1 Å². The van der Waals surface area contributed by atoms with Crippen LogP contribution in [0.4, 0.5) is 0 Å². The molecule has 0 aliphatic carbocycles. The Balaban J connectivity index is 2.33. The average Bonchev–Trinajstić information content (AvgIpc) is 2.49. The first-order chi connectivity index (χ1) is 9.78. The second-order valence-electron chi connectivity index (χ2n) is 4.26. The Kier molecular flexibility index (Phi) is 4.92. The lowest BCUT2D eigenvalue weighted by molar-refractivity contribution is 0.339. The Hall–Kier alpha value is -2.11. The monoisotopic (exact) mass is 273 g/mol. The molecule has 1 heterocycles. The van der Waals surface area contributed by atoms with E-state index in [1.807, 2.05) is 37.3 Å². The summed E-state index contributed by atoms with van der Waals surface area (Å²) in [5, 5.41) is 0. The number of nitrogens with zero attached hydrogens (tertiary/aromatic N) is 1. The third kappa shape index (κ3) is 3.26. The van der Waals surface area contributed by atoms with Crippen molar-refractivity contribution in [2.24, 2.45) is 5.84 Å². The molecule has 1 aromatic carbocycles. The number of nitrogens with one attached hydrogen (secondary N) is 1. The molecule has 0 spiro atoms. The van der Waals surface area contributed by atoms with E-state index < -0.39 is 0 Å². The van der Waals surface area contributed by atoms with Crippen LogP contribution in [0.5, 0.6) is 11.5 Å². The molecule has 0 saturated heterocycles. The highest BCUT2D eigenvalue weighted by Gasteiger charge is 2.14. The maximum absolute atomic E-state index is 5.69. The predicted molar refractivity (Wildman–Crippen MR) is 77.6 cm³/mol. The fraction of sp³-hybridized carbons (Fsp3) is 0.267. The smallest absolute Gasteiger partial charge is 0.137 e. The Morgan fingerprint density at radius 2 is 2.00 bits per heavy atom. The Morgan fingerprint density at radius 3 is 2.70 bits per heavy atom. The number of rotatable bonds is 6. The van der Waals surface area contributed by atoms with Gasteiger partial charge in [0.25, 0.3) is 0 Å². The summed E-state index contributed by atoms with van der Waals surface area (Å²) in [6.07, 6.45) is 3.42. The van der Waals surface area contributed by atoms with Crippen molar-refractivity contribution in [3.63, 3.8) is 0 Å². The number of hydrogen-bond acceptors (Lipinski definition) is 5. The van der Waals surface area contributed by atoms with Crippen LogP contribution in [0.25, 0.3) is 0 Å². The molecular weight excluding hydrogens is 254 g/mol. The fourth-order valence-electron chi connectivity index (χ4n) is 2.04. The molecule has 0 aliphatic heterocycles. The quantitative estimate of drug-likeness (QED) is 0.622. The van der Waals surface area contributed by atoms with Gasteiger partial charge in [0.15, 0.2) is 0 Å². The van der Waals surface area contributed by atoms with Crippen LogP contribution in [0.3, 0.4) is 0 Å². The molecule has 20 heavy (non-hydrogen) atoms. The van der Waals surface area contributed by atoms with Gasteiger partial charge in [-0.15, -0.1) is 0 Å². The maximum atomic E-state index is 5.69. The van der Waals surface area contributed by atoms with Crippen LogP contribution >= 0.6 is 0 Å². The van der Waals surface area contributed by atoms with Crippen molar-refractivity contribution < 1.29 is 9.47 Å². The number of pyridine rings is 1. The first kappa shape index (κ1) is 14.3. The van der Waals surface area contributed by atoms with Gasteiger partial charge in [-0.05, 0) is 36.2 Å². The first-order valence-electron chi connectivity index (χ1n) is 6.46. The molecule has 2 aromatic rings. The number of hydrogen-bond donors (Lipinski definition) is 2. The van der Waals surface area contributed by atoms with E-state index in [9.17, 15) is 0 Å². The Labute approximate surface area is 118 Å². The van der Waals surface area contributed by atoms with E-state index in [1.165, 1.54) is 0 Å². The zero-order valence-electron chi connectivity index (χ0n) is 11.7. The number of nitrogens with two attached hydrogens (primary N) is 1.